The topological polar surface area (TPSA) is 122 Å². The first-order chi connectivity index (χ1) is 20.8. The van der Waals surface area contributed by atoms with Crippen LogP contribution in [0.5, 0.6) is 0 Å². The number of nitro groups is 1. The summed E-state index contributed by atoms with van der Waals surface area (Å²) in [6, 6.07) is 27.9. The Bertz CT molecular complexity index is 1820. The third-order valence-electron chi connectivity index (χ3n) is 8.74. The number of halogens is 1. The maximum atomic E-state index is 14.4. The Kier molecular flexibility index (Phi) is 6.21. The van der Waals surface area contributed by atoms with Crippen LogP contribution in [-0.2, 0) is 26.2 Å². The summed E-state index contributed by atoms with van der Waals surface area (Å²) in [6.07, 6.45) is 1.62. The second-order valence-corrected chi connectivity index (χ2v) is 11.3. The third kappa shape index (κ3) is 3.92. The third-order valence-corrected chi connectivity index (χ3v) is 8.99. The normalized spacial score (nSPS) is 23.2. The van der Waals surface area contributed by atoms with Crippen LogP contribution in [0.4, 0.5) is 11.4 Å². The van der Waals surface area contributed by atoms with Gasteiger partial charge in [-0.25, -0.2) is 10.3 Å². The van der Waals surface area contributed by atoms with Gasteiger partial charge in [-0.15, -0.1) is 0 Å². The Morgan fingerprint density at radius 1 is 0.907 bits per heavy atom. The summed E-state index contributed by atoms with van der Waals surface area (Å²) in [7, 11) is 0. The number of anilines is 1. The summed E-state index contributed by atoms with van der Waals surface area (Å²) in [5.41, 5.74) is 5.12. The highest BCUT2D eigenvalue weighted by atomic mass is 35.5. The van der Waals surface area contributed by atoms with Gasteiger partial charge in [-0.3, -0.25) is 24.5 Å². The van der Waals surface area contributed by atoms with Crippen LogP contribution < -0.4 is 10.3 Å². The fourth-order valence-electron chi connectivity index (χ4n) is 7.13. The molecular weight excluding hydrogens is 568 g/mol. The number of carbonyl (C=O) groups is 3. The Morgan fingerprint density at radius 2 is 1.51 bits per heavy atom. The molecule has 8 rings (SSSR count). The number of hydrogen-bond donors (Lipinski definition) is 1. The molecule has 1 fully saturated rings. The van der Waals surface area contributed by atoms with E-state index in [4.69, 9.17) is 11.6 Å². The molecule has 0 radical (unpaired) electrons. The van der Waals surface area contributed by atoms with Crippen molar-refractivity contribution in [1.82, 2.24) is 5.43 Å². The second-order valence-electron chi connectivity index (χ2n) is 10.9. The monoisotopic (exact) mass is 590 g/mol. The molecule has 10 heteroatoms. The van der Waals surface area contributed by atoms with Crippen molar-refractivity contribution < 1.29 is 19.3 Å². The molecule has 1 N–H and O–H groups in total. The first-order valence-electron chi connectivity index (χ1n) is 13.7. The predicted octanol–water partition coefficient (Wildman–Crippen LogP) is 5.14. The Hall–Kier alpha value is -5.15. The van der Waals surface area contributed by atoms with Crippen LogP contribution in [0, 0.1) is 22.0 Å². The van der Waals surface area contributed by atoms with Gasteiger partial charge in [0, 0.05) is 23.2 Å². The summed E-state index contributed by atoms with van der Waals surface area (Å²) < 4.78 is 0. The lowest BCUT2D eigenvalue weighted by molar-refractivity contribution is -0.384. The molecule has 43 heavy (non-hydrogen) atoms. The fraction of sp³-hybridized carbons (Fsp3) is 0.152. The van der Waals surface area contributed by atoms with Gasteiger partial charge in [0.1, 0.15) is 5.69 Å². The van der Waals surface area contributed by atoms with E-state index in [0.29, 0.717) is 5.02 Å². The first kappa shape index (κ1) is 26.7. The molecule has 1 aliphatic heterocycles. The van der Waals surface area contributed by atoms with E-state index >= 15 is 0 Å². The van der Waals surface area contributed by atoms with Crippen molar-refractivity contribution in [3.05, 3.63) is 140 Å². The molecule has 2 atom stereocenters. The molecule has 1 heterocycles. The van der Waals surface area contributed by atoms with Crippen LogP contribution in [-0.4, -0.2) is 28.9 Å². The van der Waals surface area contributed by atoms with E-state index in [9.17, 15) is 24.5 Å². The number of carbonyl (C=O) groups excluding carboxylic acids is 3. The Morgan fingerprint density at radius 3 is 2.16 bits per heavy atom. The molecule has 4 aliphatic rings. The van der Waals surface area contributed by atoms with E-state index in [0.717, 1.165) is 32.7 Å². The highest BCUT2D eigenvalue weighted by molar-refractivity contribution is 6.30. The summed E-state index contributed by atoms with van der Waals surface area (Å²) in [5, 5.41) is 16.9. The van der Waals surface area contributed by atoms with Crippen molar-refractivity contribution >= 4 is 46.9 Å². The van der Waals surface area contributed by atoms with E-state index in [-0.39, 0.29) is 23.7 Å². The SMILES string of the molecule is O=C(Cc1ccc(Cl)cc1)N/N=C\C12c3ccccc3C(c3ccccc31)[C@H]1C(=O)N(c3ccccc3[N+](=O)[O-])C(=O)[C@H]12. The van der Waals surface area contributed by atoms with Crippen molar-refractivity contribution in [3.8, 4) is 0 Å². The van der Waals surface area contributed by atoms with E-state index in [1.165, 1.54) is 18.2 Å². The minimum atomic E-state index is -1.22. The highest BCUT2D eigenvalue weighted by Crippen LogP contribution is 2.63. The molecule has 4 aromatic carbocycles. The molecule has 212 valence electrons. The van der Waals surface area contributed by atoms with Crippen molar-refractivity contribution in [2.75, 3.05) is 4.90 Å². The maximum absolute atomic E-state index is 14.4. The van der Waals surface area contributed by atoms with Gasteiger partial charge in [0.05, 0.1) is 28.6 Å². The number of benzene rings is 4. The average molecular weight is 591 g/mol. The standard InChI is InChI=1S/C33H23ClN4O5/c34-20-15-13-19(14-16-20)17-27(39)36-35-18-33-23-9-3-1-7-21(23)28(22-8-2-4-10-24(22)33)29-30(33)32(41)37(31(29)40)25-11-5-6-12-26(25)38(42)43/h1-16,18,28-30H,17H2,(H,36,39)/b35-18-/t28?,29-,30+,33?/m1/s1. The minimum absolute atomic E-state index is 0.0612. The van der Waals surface area contributed by atoms with Gasteiger partial charge >= 0.3 is 0 Å². The van der Waals surface area contributed by atoms with Crippen molar-refractivity contribution in [2.24, 2.45) is 16.9 Å². The molecular formula is C33H23ClN4O5. The number of nitro benzene ring substituents is 1. The summed E-state index contributed by atoms with van der Waals surface area (Å²) in [4.78, 5) is 53.8. The first-order valence-corrected chi connectivity index (χ1v) is 14.1. The van der Waals surface area contributed by atoms with E-state index in [1.54, 1.807) is 36.5 Å². The van der Waals surface area contributed by atoms with E-state index in [1.807, 2.05) is 48.5 Å². The lowest BCUT2D eigenvalue weighted by Crippen LogP contribution is -2.54. The average Bonchev–Trinajstić information content (AvgIpc) is 3.29. The van der Waals surface area contributed by atoms with E-state index in [2.05, 4.69) is 10.5 Å². The van der Waals surface area contributed by atoms with Gasteiger partial charge in [0.15, 0.2) is 0 Å². The summed E-state index contributed by atoms with van der Waals surface area (Å²) >= 11 is 5.96. The van der Waals surface area contributed by atoms with Crippen LogP contribution in [0.3, 0.4) is 0 Å². The molecule has 0 aromatic heterocycles. The number of amides is 3. The van der Waals surface area contributed by atoms with E-state index < -0.39 is 39.9 Å². The van der Waals surface area contributed by atoms with Crippen molar-refractivity contribution in [1.29, 1.82) is 0 Å². The Balaban J connectivity index is 1.36. The number of rotatable bonds is 6. The molecule has 9 nitrogen and oxygen atoms in total. The number of hydrazone groups is 1. The van der Waals surface area contributed by atoms with Crippen LogP contribution in [0.15, 0.2) is 102 Å². The number of para-hydroxylation sites is 2. The smallest absolute Gasteiger partial charge is 0.274 e. The zero-order valence-corrected chi connectivity index (χ0v) is 23.3. The quantitative estimate of drug-likeness (QED) is 0.144. The largest absolute Gasteiger partial charge is 0.293 e. The molecule has 3 aliphatic carbocycles. The minimum Gasteiger partial charge on any atom is -0.274 e. The Labute approximate surface area is 250 Å². The van der Waals surface area contributed by atoms with Crippen LogP contribution in [0.25, 0.3) is 0 Å². The molecule has 0 unspecified atom stereocenters. The number of imide groups is 1. The summed E-state index contributed by atoms with van der Waals surface area (Å²) in [6.45, 7) is 0. The maximum Gasteiger partial charge on any atom is 0.293 e. The summed E-state index contributed by atoms with van der Waals surface area (Å²) in [5.74, 6) is -3.61. The molecule has 1 saturated heterocycles. The van der Waals surface area contributed by atoms with Crippen molar-refractivity contribution in [3.63, 3.8) is 0 Å². The molecule has 4 aromatic rings. The van der Waals surface area contributed by atoms with Gasteiger partial charge in [-0.1, -0.05) is 84.4 Å². The zero-order chi connectivity index (χ0) is 29.9. The molecule has 2 bridgehead atoms. The number of nitrogens with zero attached hydrogens (tertiary/aromatic N) is 3. The van der Waals surface area contributed by atoms with Crippen LogP contribution in [0.1, 0.15) is 33.7 Å². The van der Waals surface area contributed by atoms with Gasteiger partial charge in [0.25, 0.3) is 5.69 Å². The molecule has 0 saturated carbocycles. The molecule has 0 spiro atoms. The van der Waals surface area contributed by atoms with Crippen LogP contribution in [0.2, 0.25) is 5.02 Å². The predicted molar refractivity (Wildman–Crippen MR) is 160 cm³/mol. The van der Waals surface area contributed by atoms with Gasteiger partial charge in [0.2, 0.25) is 17.7 Å². The van der Waals surface area contributed by atoms with Crippen molar-refractivity contribution in [2.45, 2.75) is 17.8 Å². The van der Waals surface area contributed by atoms with Gasteiger partial charge in [-0.05, 0) is 46.0 Å². The number of hydrogen-bond acceptors (Lipinski definition) is 6. The van der Waals surface area contributed by atoms with Gasteiger partial charge < -0.3 is 0 Å². The molecule has 3 amide bonds. The highest BCUT2D eigenvalue weighted by Gasteiger charge is 2.68. The lowest BCUT2D eigenvalue weighted by atomic mass is 9.47. The lowest BCUT2D eigenvalue weighted by Gasteiger charge is -2.52. The number of nitrogens with one attached hydrogen (secondary N) is 1. The second kappa shape index (κ2) is 9.99. The fourth-order valence-corrected chi connectivity index (χ4v) is 7.25. The zero-order valence-electron chi connectivity index (χ0n) is 22.5. The van der Waals surface area contributed by atoms with Crippen LogP contribution >= 0.6 is 11.6 Å². The van der Waals surface area contributed by atoms with Gasteiger partial charge in [-0.2, -0.15) is 5.10 Å².